The number of amides is 1. The molecule has 29 heavy (non-hydrogen) atoms. The summed E-state index contributed by atoms with van der Waals surface area (Å²) in [6.07, 6.45) is -5.63. The summed E-state index contributed by atoms with van der Waals surface area (Å²) in [5.74, 6) is -2.04. The second kappa shape index (κ2) is 7.29. The number of alkyl halides is 4. The van der Waals surface area contributed by atoms with E-state index < -0.39 is 48.2 Å². The van der Waals surface area contributed by atoms with E-state index in [9.17, 15) is 22.4 Å². The molecule has 2 aliphatic heterocycles. The Hall–Kier alpha value is -2.68. The molecular formula is C20H18F4N2O3. The Labute approximate surface area is 164 Å². The van der Waals surface area contributed by atoms with Crippen LogP contribution in [-0.2, 0) is 9.53 Å². The van der Waals surface area contributed by atoms with E-state index in [4.69, 9.17) is 4.74 Å². The maximum absolute atomic E-state index is 14.3. The number of ether oxygens (including phenoxy) is 2. The van der Waals surface area contributed by atoms with Crippen molar-refractivity contribution in [3.63, 3.8) is 0 Å². The van der Waals surface area contributed by atoms with Gasteiger partial charge in [-0.1, -0.05) is 6.07 Å². The Balaban J connectivity index is 1.57. The summed E-state index contributed by atoms with van der Waals surface area (Å²) in [6.45, 7) is 1.80. The summed E-state index contributed by atoms with van der Waals surface area (Å²) in [7, 11) is 0. The Kier molecular flexibility index (Phi) is 4.94. The minimum atomic E-state index is -4.83. The van der Waals surface area contributed by atoms with Crippen molar-refractivity contribution in [1.29, 1.82) is 0 Å². The Bertz CT molecular complexity index is 921. The van der Waals surface area contributed by atoms with Gasteiger partial charge in [0.25, 0.3) is 0 Å². The molecule has 0 saturated carbocycles. The van der Waals surface area contributed by atoms with Crippen molar-refractivity contribution in [2.45, 2.75) is 44.0 Å². The van der Waals surface area contributed by atoms with Gasteiger partial charge >= 0.3 is 6.36 Å². The Morgan fingerprint density at radius 3 is 2.79 bits per heavy atom. The molecule has 1 N–H and O–H groups in total. The van der Waals surface area contributed by atoms with Crippen LogP contribution in [0.15, 0.2) is 42.6 Å². The van der Waals surface area contributed by atoms with Crippen LogP contribution in [0.4, 0.5) is 23.2 Å². The highest BCUT2D eigenvalue weighted by molar-refractivity contribution is 5.94. The van der Waals surface area contributed by atoms with Gasteiger partial charge in [0.1, 0.15) is 11.9 Å². The molecule has 0 unspecified atom stereocenters. The second-order valence-electron chi connectivity index (χ2n) is 7.24. The van der Waals surface area contributed by atoms with Crippen LogP contribution in [-0.4, -0.2) is 35.6 Å². The molecule has 1 aromatic carbocycles. The van der Waals surface area contributed by atoms with Crippen molar-refractivity contribution < 1.29 is 31.8 Å². The third kappa shape index (κ3) is 4.05. The minimum Gasteiger partial charge on any atom is -0.406 e. The van der Waals surface area contributed by atoms with Crippen molar-refractivity contribution >= 4 is 11.6 Å². The number of halogens is 4. The van der Waals surface area contributed by atoms with Crippen LogP contribution in [0.25, 0.3) is 0 Å². The number of aromatic nitrogens is 1. The number of hydrogen-bond donors (Lipinski definition) is 1. The highest BCUT2D eigenvalue weighted by Gasteiger charge is 2.57. The van der Waals surface area contributed by atoms with Crippen LogP contribution in [0.5, 0.6) is 5.75 Å². The number of hydrogen-bond acceptors (Lipinski definition) is 4. The van der Waals surface area contributed by atoms with Crippen LogP contribution >= 0.6 is 0 Å². The average molecular weight is 410 g/mol. The van der Waals surface area contributed by atoms with E-state index in [-0.39, 0.29) is 12.1 Å². The van der Waals surface area contributed by atoms with Crippen molar-refractivity contribution in [2.24, 2.45) is 5.92 Å². The zero-order valence-electron chi connectivity index (χ0n) is 15.3. The lowest BCUT2D eigenvalue weighted by Gasteiger charge is -2.29. The van der Waals surface area contributed by atoms with Gasteiger partial charge < -0.3 is 14.8 Å². The largest absolute Gasteiger partial charge is 0.573 e. The number of fused-ring (bicyclic) bond motifs is 2. The van der Waals surface area contributed by atoms with E-state index in [1.165, 1.54) is 12.1 Å². The summed E-state index contributed by atoms with van der Waals surface area (Å²) in [4.78, 5) is 17.1. The van der Waals surface area contributed by atoms with Gasteiger partial charge in [-0.3, -0.25) is 9.78 Å². The van der Waals surface area contributed by atoms with Gasteiger partial charge in [0.15, 0.2) is 0 Å². The zero-order valence-corrected chi connectivity index (χ0v) is 15.3. The van der Waals surface area contributed by atoms with Crippen LogP contribution in [0, 0.1) is 12.8 Å². The fourth-order valence-corrected chi connectivity index (χ4v) is 4.18. The topological polar surface area (TPSA) is 60.5 Å². The van der Waals surface area contributed by atoms with Gasteiger partial charge in [0.05, 0.1) is 18.1 Å². The molecule has 2 aliphatic rings. The molecule has 1 aromatic heterocycles. The summed E-state index contributed by atoms with van der Waals surface area (Å²) < 4.78 is 61.2. The van der Waals surface area contributed by atoms with Crippen molar-refractivity contribution in [3.05, 3.63) is 53.9 Å². The van der Waals surface area contributed by atoms with Gasteiger partial charge in [0.2, 0.25) is 5.91 Å². The van der Waals surface area contributed by atoms with Crippen LogP contribution in [0.1, 0.15) is 23.6 Å². The second-order valence-corrected chi connectivity index (χ2v) is 7.24. The van der Waals surface area contributed by atoms with E-state index in [1.54, 1.807) is 25.3 Å². The SMILES string of the molecule is Cc1cc([C@H]2[C@H]3O[C@H](C[C@H]3F)[C@@H]2C(=O)Nc2cccc(OC(F)(F)F)c2)ccn1. The molecule has 2 bridgehead atoms. The lowest BCUT2D eigenvalue weighted by molar-refractivity contribution is -0.274. The zero-order chi connectivity index (χ0) is 20.8. The van der Waals surface area contributed by atoms with Gasteiger partial charge in [-0.2, -0.15) is 0 Å². The number of nitrogens with one attached hydrogen (secondary N) is 1. The van der Waals surface area contributed by atoms with Gasteiger partial charge in [-0.15, -0.1) is 13.2 Å². The molecule has 1 amide bonds. The fourth-order valence-electron chi connectivity index (χ4n) is 4.18. The van der Waals surface area contributed by atoms with E-state index in [2.05, 4.69) is 15.0 Å². The number of aryl methyl sites for hydroxylation is 1. The third-order valence-corrected chi connectivity index (χ3v) is 5.23. The predicted octanol–water partition coefficient (Wildman–Crippen LogP) is 4.14. The number of rotatable bonds is 4. The number of pyridine rings is 1. The van der Waals surface area contributed by atoms with Gasteiger partial charge in [-0.05, 0) is 36.8 Å². The lowest BCUT2D eigenvalue weighted by atomic mass is 9.74. The van der Waals surface area contributed by atoms with Crippen molar-refractivity contribution in [3.8, 4) is 5.75 Å². The first-order valence-corrected chi connectivity index (χ1v) is 9.10. The van der Waals surface area contributed by atoms with Gasteiger partial charge in [0, 0.05) is 36.0 Å². The molecule has 0 aliphatic carbocycles. The molecule has 154 valence electrons. The third-order valence-electron chi connectivity index (χ3n) is 5.23. The number of benzene rings is 1. The maximum Gasteiger partial charge on any atom is 0.573 e. The van der Waals surface area contributed by atoms with Crippen LogP contribution in [0.2, 0.25) is 0 Å². The standard InChI is InChI=1S/C20H18F4N2O3/c1-10-7-11(5-6-25-10)16-17(15-9-14(21)18(16)28-15)19(27)26-12-3-2-4-13(8-12)29-20(22,23)24/h2-8,14-18H,9H2,1H3,(H,26,27)/t14-,15-,16-,17+,18+/m1/s1. The number of carbonyl (C=O) groups excluding carboxylic acids is 1. The molecule has 2 aromatic rings. The lowest BCUT2D eigenvalue weighted by Crippen LogP contribution is -2.39. The van der Waals surface area contributed by atoms with E-state index >= 15 is 0 Å². The quantitative estimate of drug-likeness (QED) is 0.770. The fraction of sp³-hybridized carbons (Fsp3) is 0.400. The minimum absolute atomic E-state index is 0.112. The molecule has 4 rings (SSSR count). The van der Waals surface area contributed by atoms with Crippen molar-refractivity contribution in [1.82, 2.24) is 4.98 Å². The Morgan fingerprint density at radius 1 is 1.28 bits per heavy atom. The molecule has 2 saturated heterocycles. The highest BCUT2D eigenvalue weighted by atomic mass is 19.4. The smallest absolute Gasteiger partial charge is 0.406 e. The maximum atomic E-state index is 14.3. The van der Waals surface area contributed by atoms with E-state index in [0.29, 0.717) is 0 Å². The Morgan fingerprint density at radius 2 is 2.07 bits per heavy atom. The highest BCUT2D eigenvalue weighted by Crippen LogP contribution is 2.50. The first-order valence-electron chi connectivity index (χ1n) is 9.10. The summed E-state index contributed by atoms with van der Waals surface area (Å²) in [5.41, 5.74) is 1.64. The number of anilines is 1. The summed E-state index contributed by atoms with van der Waals surface area (Å²) >= 11 is 0. The van der Waals surface area contributed by atoms with E-state index in [1.807, 2.05) is 0 Å². The number of nitrogens with zero attached hydrogens (tertiary/aromatic N) is 1. The molecule has 2 fully saturated rings. The first kappa shape index (κ1) is 19.6. The monoisotopic (exact) mass is 410 g/mol. The molecule has 0 spiro atoms. The molecule has 3 heterocycles. The van der Waals surface area contributed by atoms with Crippen LogP contribution < -0.4 is 10.1 Å². The first-order chi connectivity index (χ1) is 13.7. The van der Waals surface area contributed by atoms with Crippen molar-refractivity contribution in [2.75, 3.05) is 5.32 Å². The predicted molar refractivity (Wildman–Crippen MR) is 95.1 cm³/mol. The van der Waals surface area contributed by atoms with E-state index in [0.717, 1.165) is 23.4 Å². The van der Waals surface area contributed by atoms with Crippen LogP contribution in [0.3, 0.4) is 0 Å². The molecule has 5 atom stereocenters. The normalized spacial score (nSPS) is 28.4. The van der Waals surface area contributed by atoms with Gasteiger partial charge in [-0.25, -0.2) is 4.39 Å². The molecule has 9 heteroatoms. The number of carbonyl (C=O) groups is 1. The molecule has 0 radical (unpaired) electrons. The average Bonchev–Trinajstić information content (AvgIpc) is 3.17. The molecular weight excluding hydrogens is 392 g/mol. The summed E-state index contributed by atoms with van der Waals surface area (Å²) in [5, 5.41) is 2.62. The summed E-state index contributed by atoms with van der Waals surface area (Å²) in [6, 6.07) is 8.54. The molecule has 5 nitrogen and oxygen atoms in total.